The first-order valence-corrected chi connectivity index (χ1v) is 8.64. The zero-order valence-electron chi connectivity index (χ0n) is 12.2. The lowest BCUT2D eigenvalue weighted by Gasteiger charge is -2.24. The van der Waals surface area contributed by atoms with Crippen LogP contribution in [-0.4, -0.2) is 32.4 Å². The van der Waals surface area contributed by atoms with Crippen molar-refractivity contribution < 1.29 is 12.8 Å². The summed E-state index contributed by atoms with van der Waals surface area (Å²) in [4.78, 5) is 0.0707. The number of hydrogen-bond acceptors (Lipinski definition) is 3. The predicted molar refractivity (Wildman–Crippen MR) is 80.9 cm³/mol. The molecule has 1 aliphatic heterocycles. The molecule has 1 N–H and O–H groups in total. The van der Waals surface area contributed by atoms with Gasteiger partial charge in [0.2, 0.25) is 10.0 Å². The smallest absolute Gasteiger partial charge is 0.243 e. The van der Waals surface area contributed by atoms with Crippen molar-refractivity contribution in [1.29, 1.82) is 0 Å². The molecule has 0 radical (unpaired) electrons. The molecule has 0 amide bonds. The number of benzene rings is 1. The third-order valence-corrected chi connectivity index (χ3v) is 5.36. The molecule has 0 spiro atoms. The quantitative estimate of drug-likeness (QED) is 0.647. The Hall–Kier alpha value is -1.24. The molecule has 1 heterocycles. The van der Waals surface area contributed by atoms with Crippen molar-refractivity contribution in [3.63, 3.8) is 0 Å². The molecule has 0 bridgehead atoms. The molecular formula is C15H21FN2O2S. The Morgan fingerprint density at radius 1 is 1.33 bits per heavy atom. The van der Waals surface area contributed by atoms with Crippen LogP contribution in [0.4, 0.5) is 4.39 Å². The second kappa shape index (κ2) is 7.15. The Bertz CT molecular complexity index is 614. The summed E-state index contributed by atoms with van der Waals surface area (Å²) in [6.07, 6.45) is 5.44. The van der Waals surface area contributed by atoms with Gasteiger partial charge in [0.05, 0.1) is 4.90 Å². The standard InChI is InChI=1S/C15H21FN2O2S/c1-2-8-17-12-13-6-7-14(16)11-15(13)21(19,20)18-9-4-3-5-10-18/h3-4,6-7,11,17H,2,5,8-10,12H2,1H3. The van der Waals surface area contributed by atoms with E-state index in [4.69, 9.17) is 0 Å². The lowest BCUT2D eigenvalue weighted by atomic mass is 10.2. The van der Waals surface area contributed by atoms with Crippen molar-refractivity contribution in [2.45, 2.75) is 31.2 Å². The summed E-state index contributed by atoms with van der Waals surface area (Å²) < 4.78 is 40.3. The van der Waals surface area contributed by atoms with Gasteiger partial charge in [-0.1, -0.05) is 25.1 Å². The third-order valence-electron chi connectivity index (χ3n) is 3.41. The lowest BCUT2D eigenvalue weighted by molar-refractivity contribution is 0.436. The van der Waals surface area contributed by atoms with Crippen molar-refractivity contribution in [2.75, 3.05) is 19.6 Å². The second-order valence-corrected chi connectivity index (χ2v) is 6.96. The molecule has 2 rings (SSSR count). The van der Waals surface area contributed by atoms with Gasteiger partial charge in [-0.3, -0.25) is 0 Å². The molecule has 0 saturated heterocycles. The number of halogens is 1. The summed E-state index contributed by atoms with van der Waals surface area (Å²) in [6, 6.07) is 3.97. The Labute approximate surface area is 125 Å². The molecular weight excluding hydrogens is 291 g/mol. The van der Waals surface area contributed by atoms with E-state index in [1.54, 1.807) is 6.07 Å². The van der Waals surface area contributed by atoms with Gasteiger partial charge in [0.1, 0.15) is 5.82 Å². The van der Waals surface area contributed by atoms with E-state index in [0.29, 0.717) is 31.6 Å². The van der Waals surface area contributed by atoms with Crippen LogP contribution in [-0.2, 0) is 16.6 Å². The minimum atomic E-state index is -3.65. The van der Waals surface area contributed by atoms with Gasteiger partial charge in [-0.2, -0.15) is 4.31 Å². The number of hydrogen-bond donors (Lipinski definition) is 1. The summed E-state index contributed by atoms with van der Waals surface area (Å²) in [6.45, 7) is 4.04. The first-order chi connectivity index (χ1) is 10.1. The van der Waals surface area contributed by atoms with Crippen LogP contribution in [0.5, 0.6) is 0 Å². The van der Waals surface area contributed by atoms with Crippen LogP contribution >= 0.6 is 0 Å². The zero-order valence-corrected chi connectivity index (χ0v) is 13.0. The second-order valence-electron chi connectivity index (χ2n) is 5.05. The normalized spacial score (nSPS) is 16.3. The molecule has 0 saturated carbocycles. The van der Waals surface area contributed by atoms with Crippen molar-refractivity contribution in [3.05, 3.63) is 41.7 Å². The van der Waals surface area contributed by atoms with E-state index >= 15 is 0 Å². The van der Waals surface area contributed by atoms with Crippen LogP contribution in [0.1, 0.15) is 25.3 Å². The monoisotopic (exact) mass is 312 g/mol. The summed E-state index contributed by atoms with van der Waals surface area (Å²) >= 11 is 0. The summed E-state index contributed by atoms with van der Waals surface area (Å²) in [7, 11) is -3.65. The Morgan fingerprint density at radius 3 is 2.81 bits per heavy atom. The molecule has 1 aromatic rings. The molecule has 0 atom stereocenters. The molecule has 0 fully saturated rings. The first kappa shape index (κ1) is 16.1. The fourth-order valence-corrected chi connectivity index (χ4v) is 3.93. The van der Waals surface area contributed by atoms with E-state index in [2.05, 4.69) is 5.32 Å². The molecule has 116 valence electrons. The fourth-order valence-electron chi connectivity index (χ4n) is 2.29. The van der Waals surface area contributed by atoms with Crippen LogP contribution in [0.25, 0.3) is 0 Å². The molecule has 0 aromatic heterocycles. The van der Waals surface area contributed by atoms with Crippen LogP contribution in [0.15, 0.2) is 35.2 Å². The number of rotatable bonds is 6. The van der Waals surface area contributed by atoms with Crippen molar-refractivity contribution in [2.24, 2.45) is 0 Å². The number of nitrogens with zero attached hydrogens (tertiary/aromatic N) is 1. The predicted octanol–water partition coefficient (Wildman–Crippen LogP) is 2.28. The van der Waals surface area contributed by atoms with Gasteiger partial charge >= 0.3 is 0 Å². The minimum absolute atomic E-state index is 0.0707. The number of nitrogens with one attached hydrogen (secondary N) is 1. The highest BCUT2D eigenvalue weighted by molar-refractivity contribution is 7.89. The van der Waals surface area contributed by atoms with E-state index in [9.17, 15) is 12.8 Å². The first-order valence-electron chi connectivity index (χ1n) is 7.20. The summed E-state index contributed by atoms with van der Waals surface area (Å²) in [5.41, 5.74) is 0.611. The van der Waals surface area contributed by atoms with Crippen molar-refractivity contribution in [3.8, 4) is 0 Å². The van der Waals surface area contributed by atoms with Gasteiger partial charge < -0.3 is 5.32 Å². The van der Waals surface area contributed by atoms with Gasteiger partial charge in [-0.05, 0) is 37.1 Å². The highest BCUT2D eigenvalue weighted by Crippen LogP contribution is 2.23. The largest absolute Gasteiger partial charge is 0.313 e. The van der Waals surface area contributed by atoms with Crippen molar-refractivity contribution in [1.82, 2.24) is 9.62 Å². The SMILES string of the molecule is CCCNCc1ccc(F)cc1S(=O)(=O)N1CC=CCC1. The molecule has 4 nitrogen and oxygen atoms in total. The van der Waals surface area contributed by atoms with E-state index in [1.807, 2.05) is 19.1 Å². The molecule has 0 unspecified atom stereocenters. The van der Waals surface area contributed by atoms with E-state index in [1.165, 1.54) is 10.4 Å². The summed E-state index contributed by atoms with van der Waals surface area (Å²) in [5.74, 6) is -0.527. The molecule has 6 heteroatoms. The van der Waals surface area contributed by atoms with Crippen molar-refractivity contribution >= 4 is 10.0 Å². The van der Waals surface area contributed by atoms with E-state index in [-0.39, 0.29) is 4.90 Å². The van der Waals surface area contributed by atoms with Gasteiger partial charge in [0, 0.05) is 19.6 Å². The maximum atomic E-state index is 13.5. The third kappa shape index (κ3) is 3.90. The molecule has 1 aliphatic rings. The average molecular weight is 312 g/mol. The maximum Gasteiger partial charge on any atom is 0.243 e. The van der Waals surface area contributed by atoms with Gasteiger partial charge in [-0.15, -0.1) is 0 Å². The van der Waals surface area contributed by atoms with E-state index < -0.39 is 15.8 Å². The lowest BCUT2D eigenvalue weighted by Crippen LogP contribution is -2.34. The van der Waals surface area contributed by atoms with Crippen LogP contribution < -0.4 is 5.32 Å². The maximum absolute atomic E-state index is 13.5. The van der Waals surface area contributed by atoms with Crippen LogP contribution in [0, 0.1) is 5.82 Å². The Kier molecular flexibility index (Phi) is 5.50. The zero-order chi connectivity index (χ0) is 15.3. The minimum Gasteiger partial charge on any atom is -0.313 e. The van der Waals surface area contributed by atoms with Gasteiger partial charge in [0.15, 0.2) is 0 Å². The average Bonchev–Trinajstić information content (AvgIpc) is 2.50. The van der Waals surface area contributed by atoms with E-state index in [0.717, 1.165) is 19.0 Å². The Balaban J connectivity index is 2.31. The number of sulfonamides is 1. The topological polar surface area (TPSA) is 49.4 Å². The van der Waals surface area contributed by atoms with Gasteiger partial charge in [-0.25, -0.2) is 12.8 Å². The highest BCUT2D eigenvalue weighted by atomic mass is 32.2. The van der Waals surface area contributed by atoms with Gasteiger partial charge in [0.25, 0.3) is 0 Å². The van der Waals surface area contributed by atoms with Crippen LogP contribution in [0.3, 0.4) is 0 Å². The van der Waals surface area contributed by atoms with Crippen LogP contribution in [0.2, 0.25) is 0 Å². The molecule has 1 aromatic carbocycles. The molecule has 0 aliphatic carbocycles. The summed E-state index contributed by atoms with van der Waals surface area (Å²) in [5, 5.41) is 3.17. The molecule has 21 heavy (non-hydrogen) atoms. The Morgan fingerprint density at radius 2 is 2.14 bits per heavy atom. The fraction of sp³-hybridized carbons (Fsp3) is 0.467. The highest BCUT2D eigenvalue weighted by Gasteiger charge is 2.27.